The summed E-state index contributed by atoms with van der Waals surface area (Å²) in [6, 6.07) is -0.447. The van der Waals surface area contributed by atoms with Gasteiger partial charge in [-0.3, -0.25) is 4.79 Å². The molecule has 2 atom stereocenters. The summed E-state index contributed by atoms with van der Waals surface area (Å²) in [5.74, 6) is 1.04. The highest BCUT2D eigenvalue weighted by Gasteiger charge is 2.38. The zero-order valence-electron chi connectivity index (χ0n) is 7.79. The molecular formula is C9H18N2O. The van der Waals surface area contributed by atoms with Crippen LogP contribution in [-0.4, -0.2) is 11.9 Å². The van der Waals surface area contributed by atoms with E-state index in [0.717, 1.165) is 0 Å². The number of nitrogens with two attached hydrogens (primary N) is 2. The number of carbonyl (C=O) groups excluding carboxylic acids is 1. The van der Waals surface area contributed by atoms with Crippen molar-refractivity contribution in [2.24, 2.45) is 29.2 Å². The van der Waals surface area contributed by atoms with E-state index in [1.807, 2.05) is 0 Å². The fourth-order valence-corrected chi connectivity index (χ4v) is 1.92. The summed E-state index contributed by atoms with van der Waals surface area (Å²) in [6.07, 6.45) is 2.42. The van der Waals surface area contributed by atoms with Crippen LogP contribution in [0.15, 0.2) is 0 Å². The first kappa shape index (κ1) is 9.52. The monoisotopic (exact) mass is 170 g/mol. The van der Waals surface area contributed by atoms with Crippen LogP contribution in [0.25, 0.3) is 0 Å². The lowest BCUT2D eigenvalue weighted by Crippen LogP contribution is -2.45. The summed E-state index contributed by atoms with van der Waals surface area (Å²) in [6.45, 7) is 4.21. The van der Waals surface area contributed by atoms with Gasteiger partial charge in [-0.15, -0.1) is 0 Å². The average molecular weight is 170 g/mol. The largest absolute Gasteiger partial charge is 0.368 e. The van der Waals surface area contributed by atoms with E-state index in [2.05, 4.69) is 13.8 Å². The van der Waals surface area contributed by atoms with Gasteiger partial charge < -0.3 is 11.5 Å². The first-order valence-electron chi connectivity index (χ1n) is 4.59. The van der Waals surface area contributed by atoms with Crippen LogP contribution >= 0.6 is 0 Å². The van der Waals surface area contributed by atoms with Crippen LogP contribution in [0.2, 0.25) is 0 Å². The fourth-order valence-electron chi connectivity index (χ4n) is 1.92. The van der Waals surface area contributed by atoms with E-state index in [-0.39, 0.29) is 5.91 Å². The Morgan fingerprint density at radius 2 is 1.92 bits per heavy atom. The Kier molecular flexibility index (Phi) is 2.73. The van der Waals surface area contributed by atoms with Gasteiger partial charge in [0, 0.05) is 0 Å². The normalized spacial score (nSPS) is 22.3. The van der Waals surface area contributed by atoms with Gasteiger partial charge >= 0.3 is 0 Å². The first-order chi connectivity index (χ1) is 5.54. The van der Waals surface area contributed by atoms with Crippen molar-refractivity contribution in [1.29, 1.82) is 0 Å². The van der Waals surface area contributed by atoms with E-state index in [9.17, 15) is 4.79 Å². The molecule has 0 saturated heterocycles. The average Bonchev–Trinajstić information content (AvgIpc) is 2.70. The molecule has 0 bridgehead atoms. The molecular weight excluding hydrogens is 152 g/mol. The molecule has 0 heterocycles. The zero-order chi connectivity index (χ0) is 9.30. The predicted molar refractivity (Wildman–Crippen MR) is 48.2 cm³/mol. The van der Waals surface area contributed by atoms with E-state index >= 15 is 0 Å². The predicted octanol–water partition coefficient (Wildman–Crippen LogP) is 0.481. The third-order valence-electron chi connectivity index (χ3n) is 2.68. The summed E-state index contributed by atoms with van der Waals surface area (Å²) < 4.78 is 0. The lowest BCUT2D eigenvalue weighted by Gasteiger charge is -2.24. The Morgan fingerprint density at radius 1 is 1.42 bits per heavy atom. The van der Waals surface area contributed by atoms with E-state index in [1.54, 1.807) is 0 Å². The maximum Gasteiger partial charge on any atom is 0.234 e. The number of hydrogen-bond acceptors (Lipinski definition) is 2. The maximum atomic E-state index is 10.9. The van der Waals surface area contributed by atoms with Crippen molar-refractivity contribution in [3.63, 3.8) is 0 Å². The topological polar surface area (TPSA) is 69.1 Å². The highest BCUT2D eigenvalue weighted by atomic mass is 16.1. The van der Waals surface area contributed by atoms with Crippen LogP contribution in [0.1, 0.15) is 26.7 Å². The molecule has 0 aromatic rings. The highest BCUT2D eigenvalue weighted by molar-refractivity contribution is 5.80. The lowest BCUT2D eigenvalue weighted by molar-refractivity contribution is -0.121. The molecule has 0 aliphatic heterocycles. The fraction of sp³-hybridized carbons (Fsp3) is 0.889. The number of amides is 1. The molecule has 1 rings (SSSR count). The van der Waals surface area contributed by atoms with Gasteiger partial charge in [-0.2, -0.15) is 0 Å². The molecule has 1 saturated carbocycles. The smallest absolute Gasteiger partial charge is 0.234 e. The highest BCUT2D eigenvalue weighted by Crippen LogP contribution is 2.41. The van der Waals surface area contributed by atoms with Crippen LogP contribution in [0.5, 0.6) is 0 Å². The van der Waals surface area contributed by atoms with Crippen LogP contribution in [0.3, 0.4) is 0 Å². The summed E-state index contributed by atoms with van der Waals surface area (Å²) in [5, 5.41) is 0. The maximum absolute atomic E-state index is 10.9. The minimum Gasteiger partial charge on any atom is -0.368 e. The van der Waals surface area contributed by atoms with Gasteiger partial charge in [-0.25, -0.2) is 0 Å². The SMILES string of the molecule is CC(C)C(C1CC1)C(N)C(N)=O. The third-order valence-corrected chi connectivity index (χ3v) is 2.68. The van der Waals surface area contributed by atoms with Gasteiger partial charge in [-0.05, 0) is 30.6 Å². The molecule has 2 unspecified atom stereocenters. The van der Waals surface area contributed by atoms with Crippen molar-refractivity contribution in [1.82, 2.24) is 0 Å². The molecule has 3 heteroatoms. The second-order valence-corrected chi connectivity index (χ2v) is 4.09. The Balaban J connectivity index is 2.57. The Hall–Kier alpha value is -0.570. The molecule has 4 N–H and O–H groups in total. The summed E-state index contributed by atoms with van der Waals surface area (Å²) in [4.78, 5) is 10.9. The van der Waals surface area contributed by atoms with Crippen molar-refractivity contribution < 1.29 is 4.79 Å². The summed E-state index contributed by atoms with van der Waals surface area (Å²) in [7, 11) is 0. The van der Waals surface area contributed by atoms with Crippen molar-refractivity contribution >= 4 is 5.91 Å². The second kappa shape index (κ2) is 3.44. The van der Waals surface area contributed by atoms with Crippen molar-refractivity contribution in [3.8, 4) is 0 Å². The molecule has 0 radical (unpaired) electrons. The quantitative estimate of drug-likeness (QED) is 0.644. The Labute approximate surface area is 73.5 Å². The summed E-state index contributed by atoms with van der Waals surface area (Å²) in [5.41, 5.74) is 10.9. The second-order valence-electron chi connectivity index (χ2n) is 4.09. The van der Waals surface area contributed by atoms with Gasteiger partial charge in [0.2, 0.25) is 5.91 Å². The summed E-state index contributed by atoms with van der Waals surface area (Å²) >= 11 is 0. The molecule has 0 aromatic heterocycles. The Morgan fingerprint density at radius 3 is 2.17 bits per heavy atom. The van der Waals surface area contributed by atoms with Crippen LogP contribution in [0.4, 0.5) is 0 Å². The molecule has 70 valence electrons. The van der Waals surface area contributed by atoms with Crippen LogP contribution < -0.4 is 11.5 Å². The van der Waals surface area contributed by atoms with Gasteiger partial charge in [0.25, 0.3) is 0 Å². The van der Waals surface area contributed by atoms with E-state index < -0.39 is 6.04 Å². The van der Waals surface area contributed by atoms with Crippen LogP contribution in [-0.2, 0) is 4.79 Å². The van der Waals surface area contributed by atoms with Crippen molar-refractivity contribution in [2.75, 3.05) is 0 Å². The van der Waals surface area contributed by atoms with Gasteiger partial charge in [0.1, 0.15) is 0 Å². The molecule has 3 nitrogen and oxygen atoms in total. The van der Waals surface area contributed by atoms with E-state index in [1.165, 1.54) is 12.8 Å². The van der Waals surface area contributed by atoms with Crippen molar-refractivity contribution in [3.05, 3.63) is 0 Å². The lowest BCUT2D eigenvalue weighted by atomic mass is 9.84. The molecule has 0 spiro atoms. The molecule has 0 aromatic carbocycles. The number of rotatable bonds is 4. The van der Waals surface area contributed by atoms with Gasteiger partial charge in [0.15, 0.2) is 0 Å². The Bertz CT molecular complexity index is 173. The molecule has 12 heavy (non-hydrogen) atoms. The number of hydrogen-bond donors (Lipinski definition) is 2. The molecule has 1 aliphatic carbocycles. The standard InChI is InChI=1S/C9H18N2O/c1-5(2)7(6-3-4-6)8(10)9(11)12/h5-8H,3-4,10H2,1-2H3,(H2,11,12). The van der Waals surface area contributed by atoms with Gasteiger partial charge in [-0.1, -0.05) is 13.8 Å². The van der Waals surface area contributed by atoms with Crippen molar-refractivity contribution in [2.45, 2.75) is 32.7 Å². The van der Waals surface area contributed by atoms with Gasteiger partial charge in [0.05, 0.1) is 6.04 Å². The van der Waals surface area contributed by atoms with E-state index in [0.29, 0.717) is 17.8 Å². The molecule has 1 fully saturated rings. The molecule has 1 aliphatic rings. The third kappa shape index (κ3) is 1.97. The van der Waals surface area contributed by atoms with Crippen LogP contribution in [0, 0.1) is 17.8 Å². The number of primary amides is 1. The minimum atomic E-state index is -0.447. The van der Waals surface area contributed by atoms with E-state index in [4.69, 9.17) is 11.5 Å². The minimum absolute atomic E-state index is 0.294. The molecule has 1 amide bonds. The zero-order valence-corrected chi connectivity index (χ0v) is 7.79. The first-order valence-corrected chi connectivity index (χ1v) is 4.59. The number of carbonyl (C=O) groups is 1.